The van der Waals surface area contributed by atoms with Crippen LogP contribution in [0, 0.1) is 6.92 Å². The van der Waals surface area contributed by atoms with Crippen LogP contribution in [0.5, 0.6) is 0 Å². The van der Waals surface area contributed by atoms with Gasteiger partial charge in [-0.15, -0.1) is 0 Å². The lowest BCUT2D eigenvalue weighted by atomic mass is 10.1. The van der Waals surface area contributed by atoms with Crippen molar-refractivity contribution in [2.75, 3.05) is 0 Å². The second-order valence-electron chi connectivity index (χ2n) is 4.22. The Labute approximate surface area is 102 Å². The molecule has 0 saturated heterocycles. The number of fused-ring (bicyclic) bond motifs is 1. The number of hydrogen-bond donors (Lipinski definition) is 1. The molecule has 2 nitrogen and oxygen atoms in total. The Morgan fingerprint density at radius 2 is 2.12 bits per heavy atom. The van der Waals surface area contributed by atoms with E-state index in [9.17, 15) is 0 Å². The van der Waals surface area contributed by atoms with Gasteiger partial charge in [0.2, 0.25) is 0 Å². The SMILES string of the molecule is C=CC(=C)NCc1c(C)n(C)c2ccccc12. The summed E-state index contributed by atoms with van der Waals surface area (Å²) >= 11 is 0. The van der Waals surface area contributed by atoms with Crippen molar-refractivity contribution in [3.63, 3.8) is 0 Å². The third kappa shape index (κ3) is 1.98. The van der Waals surface area contributed by atoms with Crippen LogP contribution in [0.2, 0.25) is 0 Å². The Hall–Kier alpha value is -1.96. The molecule has 0 radical (unpaired) electrons. The predicted molar refractivity (Wildman–Crippen MR) is 73.8 cm³/mol. The number of nitrogens with zero attached hydrogens (tertiary/aromatic N) is 1. The van der Waals surface area contributed by atoms with Crippen molar-refractivity contribution in [2.24, 2.45) is 7.05 Å². The number of hydrogen-bond acceptors (Lipinski definition) is 1. The maximum atomic E-state index is 3.87. The maximum absolute atomic E-state index is 3.87. The standard InChI is InChI=1S/C15H18N2/c1-5-11(2)16-10-14-12(3)17(4)15-9-7-6-8-13(14)15/h5-9,16H,1-2,10H2,3-4H3. The van der Waals surface area contributed by atoms with Gasteiger partial charge in [-0.1, -0.05) is 31.4 Å². The minimum atomic E-state index is 0.790. The summed E-state index contributed by atoms with van der Waals surface area (Å²) in [5.74, 6) is 0. The highest BCUT2D eigenvalue weighted by molar-refractivity contribution is 5.85. The summed E-state index contributed by atoms with van der Waals surface area (Å²) in [7, 11) is 2.10. The fourth-order valence-electron chi connectivity index (χ4n) is 2.10. The number of para-hydroxylation sites is 1. The highest BCUT2D eigenvalue weighted by atomic mass is 15.0. The summed E-state index contributed by atoms with van der Waals surface area (Å²) in [6, 6.07) is 8.46. The monoisotopic (exact) mass is 226 g/mol. The fourth-order valence-corrected chi connectivity index (χ4v) is 2.10. The molecule has 88 valence electrons. The number of allylic oxidation sites excluding steroid dienone is 1. The van der Waals surface area contributed by atoms with E-state index < -0.39 is 0 Å². The van der Waals surface area contributed by atoms with Crippen LogP contribution in [-0.4, -0.2) is 4.57 Å². The molecule has 0 bridgehead atoms. The van der Waals surface area contributed by atoms with Gasteiger partial charge in [-0.2, -0.15) is 0 Å². The molecule has 2 heteroatoms. The Bertz CT molecular complexity index is 576. The molecule has 1 aromatic carbocycles. The van der Waals surface area contributed by atoms with E-state index in [1.54, 1.807) is 6.08 Å². The fraction of sp³-hybridized carbons (Fsp3) is 0.200. The number of benzene rings is 1. The minimum Gasteiger partial charge on any atom is -0.381 e. The van der Waals surface area contributed by atoms with Crippen molar-refractivity contribution in [3.8, 4) is 0 Å². The van der Waals surface area contributed by atoms with E-state index in [0.29, 0.717) is 0 Å². The van der Waals surface area contributed by atoms with E-state index in [1.165, 1.54) is 22.2 Å². The summed E-state index contributed by atoms with van der Waals surface area (Å²) < 4.78 is 2.23. The lowest BCUT2D eigenvalue weighted by molar-refractivity contribution is 0.816. The first kappa shape index (κ1) is 11.5. The van der Waals surface area contributed by atoms with Crippen LogP contribution < -0.4 is 5.32 Å². The van der Waals surface area contributed by atoms with E-state index in [2.05, 4.69) is 61.3 Å². The summed E-state index contributed by atoms with van der Waals surface area (Å²) in [5.41, 5.74) is 4.74. The second-order valence-corrected chi connectivity index (χ2v) is 4.22. The van der Waals surface area contributed by atoms with Crippen LogP contribution in [0.3, 0.4) is 0 Å². The van der Waals surface area contributed by atoms with E-state index in [-0.39, 0.29) is 0 Å². The summed E-state index contributed by atoms with van der Waals surface area (Å²) in [4.78, 5) is 0. The molecule has 0 atom stereocenters. The molecule has 1 heterocycles. The topological polar surface area (TPSA) is 17.0 Å². The molecule has 17 heavy (non-hydrogen) atoms. The van der Waals surface area contributed by atoms with Gasteiger partial charge in [-0.05, 0) is 24.6 Å². The van der Waals surface area contributed by atoms with Gasteiger partial charge < -0.3 is 9.88 Å². The third-order valence-electron chi connectivity index (χ3n) is 3.27. The lowest BCUT2D eigenvalue weighted by Gasteiger charge is -2.06. The van der Waals surface area contributed by atoms with Crippen molar-refractivity contribution in [2.45, 2.75) is 13.5 Å². The van der Waals surface area contributed by atoms with Gasteiger partial charge in [0.1, 0.15) is 0 Å². The molecule has 1 N–H and O–H groups in total. The number of aryl methyl sites for hydroxylation is 1. The average Bonchev–Trinajstić information content (AvgIpc) is 2.60. The molecule has 0 spiro atoms. The first-order valence-electron chi connectivity index (χ1n) is 5.73. The second kappa shape index (κ2) is 4.50. The summed E-state index contributed by atoms with van der Waals surface area (Å²) in [6.07, 6.45) is 1.74. The molecule has 0 fully saturated rings. The summed E-state index contributed by atoms with van der Waals surface area (Å²) in [5, 5.41) is 4.57. The van der Waals surface area contributed by atoms with E-state index in [0.717, 1.165) is 12.2 Å². The molecule has 0 saturated carbocycles. The van der Waals surface area contributed by atoms with Crippen molar-refractivity contribution < 1.29 is 0 Å². The van der Waals surface area contributed by atoms with E-state index in [1.807, 2.05) is 0 Å². The first-order valence-corrected chi connectivity index (χ1v) is 5.73. The smallest absolute Gasteiger partial charge is 0.0483 e. The van der Waals surface area contributed by atoms with Crippen LogP contribution >= 0.6 is 0 Å². The third-order valence-corrected chi connectivity index (χ3v) is 3.27. The predicted octanol–water partition coefficient (Wildman–Crippen LogP) is 3.28. The summed E-state index contributed by atoms with van der Waals surface area (Å²) in [6.45, 7) is 10.5. The van der Waals surface area contributed by atoms with Crippen molar-refractivity contribution >= 4 is 10.9 Å². The zero-order valence-corrected chi connectivity index (χ0v) is 10.5. The average molecular weight is 226 g/mol. The van der Waals surface area contributed by atoms with E-state index in [4.69, 9.17) is 0 Å². The largest absolute Gasteiger partial charge is 0.381 e. The van der Waals surface area contributed by atoms with Crippen LogP contribution in [-0.2, 0) is 13.6 Å². The van der Waals surface area contributed by atoms with Crippen LogP contribution in [0.4, 0.5) is 0 Å². The molecule has 0 amide bonds. The Balaban J connectivity index is 2.42. The molecular formula is C15H18N2. The first-order chi connectivity index (χ1) is 8.15. The van der Waals surface area contributed by atoms with Gasteiger partial charge in [0, 0.05) is 35.9 Å². The van der Waals surface area contributed by atoms with Gasteiger partial charge in [0.15, 0.2) is 0 Å². The molecule has 0 aliphatic carbocycles. The van der Waals surface area contributed by atoms with Crippen LogP contribution in [0.25, 0.3) is 10.9 Å². The number of aromatic nitrogens is 1. The van der Waals surface area contributed by atoms with Gasteiger partial charge in [0.25, 0.3) is 0 Å². The van der Waals surface area contributed by atoms with Gasteiger partial charge in [-0.25, -0.2) is 0 Å². The highest BCUT2D eigenvalue weighted by Crippen LogP contribution is 2.24. The quantitative estimate of drug-likeness (QED) is 0.792. The molecule has 2 rings (SSSR count). The zero-order chi connectivity index (χ0) is 12.4. The van der Waals surface area contributed by atoms with Crippen molar-refractivity contribution in [1.29, 1.82) is 0 Å². The van der Waals surface area contributed by atoms with Gasteiger partial charge in [0.05, 0.1) is 0 Å². The Morgan fingerprint density at radius 3 is 2.82 bits per heavy atom. The minimum absolute atomic E-state index is 0.790. The molecule has 2 aromatic rings. The maximum Gasteiger partial charge on any atom is 0.0483 e. The number of rotatable bonds is 4. The number of nitrogens with one attached hydrogen (secondary N) is 1. The van der Waals surface area contributed by atoms with Gasteiger partial charge >= 0.3 is 0 Å². The van der Waals surface area contributed by atoms with Crippen molar-refractivity contribution in [3.05, 3.63) is 60.5 Å². The van der Waals surface area contributed by atoms with E-state index >= 15 is 0 Å². The molecule has 0 aliphatic rings. The zero-order valence-electron chi connectivity index (χ0n) is 10.5. The molecular weight excluding hydrogens is 208 g/mol. The van der Waals surface area contributed by atoms with Crippen LogP contribution in [0.15, 0.2) is 49.2 Å². The lowest BCUT2D eigenvalue weighted by Crippen LogP contribution is -2.10. The molecule has 1 aromatic heterocycles. The normalized spacial score (nSPS) is 10.5. The van der Waals surface area contributed by atoms with Crippen LogP contribution in [0.1, 0.15) is 11.3 Å². The Morgan fingerprint density at radius 1 is 1.41 bits per heavy atom. The molecule has 0 unspecified atom stereocenters. The van der Waals surface area contributed by atoms with Crippen molar-refractivity contribution in [1.82, 2.24) is 9.88 Å². The molecule has 0 aliphatic heterocycles. The highest BCUT2D eigenvalue weighted by Gasteiger charge is 2.10. The van der Waals surface area contributed by atoms with Gasteiger partial charge in [-0.3, -0.25) is 0 Å². The Kier molecular flexibility index (Phi) is 3.05.